The van der Waals surface area contributed by atoms with Crippen molar-refractivity contribution in [1.29, 1.82) is 0 Å². The Morgan fingerprint density at radius 1 is 1.22 bits per heavy atom. The predicted octanol–water partition coefficient (Wildman–Crippen LogP) is 3.46. The van der Waals surface area contributed by atoms with Crippen LogP contribution in [0.15, 0.2) is 18.2 Å². The molecule has 1 N–H and O–H groups in total. The van der Waals surface area contributed by atoms with Gasteiger partial charge in [-0.3, -0.25) is 0 Å². The third kappa shape index (κ3) is 2.14. The van der Waals surface area contributed by atoms with Crippen LogP contribution in [0.3, 0.4) is 0 Å². The predicted molar refractivity (Wildman–Crippen MR) is 74.0 cm³/mol. The Hall–Kier alpha value is -1.02. The van der Waals surface area contributed by atoms with E-state index in [1.165, 1.54) is 49.0 Å². The summed E-state index contributed by atoms with van der Waals surface area (Å²) in [6, 6.07) is 7.12. The molecule has 2 heteroatoms. The molecule has 1 aromatic rings. The van der Waals surface area contributed by atoms with Crippen LogP contribution >= 0.6 is 0 Å². The minimum absolute atomic E-state index is 0.471. The highest BCUT2D eigenvalue weighted by Crippen LogP contribution is 2.40. The van der Waals surface area contributed by atoms with Crippen molar-refractivity contribution in [3.05, 3.63) is 29.3 Å². The summed E-state index contributed by atoms with van der Waals surface area (Å²) < 4.78 is 5.86. The summed E-state index contributed by atoms with van der Waals surface area (Å²) in [6.45, 7) is 0.855. The Balaban J connectivity index is 1.89. The van der Waals surface area contributed by atoms with Gasteiger partial charge in [0.15, 0.2) is 0 Å². The lowest BCUT2D eigenvalue weighted by Gasteiger charge is -2.31. The van der Waals surface area contributed by atoms with E-state index in [9.17, 15) is 0 Å². The molecule has 2 nitrogen and oxygen atoms in total. The molecule has 0 amide bonds. The largest absolute Gasteiger partial charge is 0.493 e. The number of hydrogen-bond acceptors (Lipinski definition) is 2. The van der Waals surface area contributed by atoms with Crippen molar-refractivity contribution in [3.63, 3.8) is 0 Å². The average Bonchev–Trinajstić information content (AvgIpc) is 2.90. The molecule has 1 saturated carbocycles. The number of para-hydroxylation sites is 1. The summed E-state index contributed by atoms with van der Waals surface area (Å²) in [5.74, 6) is 1.95. The molecule has 0 spiro atoms. The van der Waals surface area contributed by atoms with Crippen LogP contribution in [0, 0.1) is 5.92 Å². The van der Waals surface area contributed by atoms with Crippen LogP contribution in [-0.4, -0.2) is 13.7 Å². The van der Waals surface area contributed by atoms with Crippen molar-refractivity contribution < 1.29 is 4.74 Å². The quantitative estimate of drug-likeness (QED) is 0.880. The minimum atomic E-state index is 0.471. The van der Waals surface area contributed by atoms with E-state index in [0.29, 0.717) is 6.04 Å². The van der Waals surface area contributed by atoms with Gasteiger partial charge in [-0.25, -0.2) is 0 Å². The molecule has 1 heterocycles. The van der Waals surface area contributed by atoms with Gasteiger partial charge in [-0.05, 0) is 31.4 Å². The topological polar surface area (TPSA) is 21.3 Å². The van der Waals surface area contributed by atoms with Gasteiger partial charge in [0.05, 0.1) is 6.61 Å². The van der Waals surface area contributed by atoms with Crippen LogP contribution < -0.4 is 10.1 Å². The van der Waals surface area contributed by atoms with E-state index in [4.69, 9.17) is 4.74 Å². The Morgan fingerprint density at radius 3 is 2.83 bits per heavy atom. The maximum atomic E-state index is 5.86. The molecule has 0 radical (unpaired) electrons. The first-order valence-corrected chi connectivity index (χ1v) is 7.32. The molecule has 98 valence electrons. The summed E-state index contributed by atoms with van der Waals surface area (Å²) >= 11 is 0. The smallest absolute Gasteiger partial charge is 0.127 e. The third-order valence-electron chi connectivity index (χ3n) is 4.51. The van der Waals surface area contributed by atoms with E-state index >= 15 is 0 Å². The Labute approximate surface area is 110 Å². The van der Waals surface area contributed by atoms with Crippen LogP contribution in [0.2, 0.25) is 0 Å². The number of nitrogens with one attached hydrogen (secondary N) is 1. The number of fused-ring (bicyclic) bond motifs is 1. The first-order valence-electron chi connectivity index (χ1n) is 7.32. The number of benzene rings is 1. The van der Waals surface area contributed by atoms with Crippen LogP contribution in [0.5, 0.6) is 5.75 Å². The molecular weight excluding hydrogens is 222 g/mol. The van der Waals surface area contributed by atoms with E-state index < -0.39 is 0 Å². The van der Waals surface area contributed by atoms with Gasteiger partial charge in [0.2, 0.25) is 0 Å². The zero-order valence-electron chi connectivity index (χ0n) is 11.2. The average molecular weight is 245 g/mol. The first kappa shape index (κ1) is 12.0. The highest BCUT2D eigenvalue weighted by molar-refractivity contribution is 5.45. The maximum absolute atomic E-state index is 5.86. The van der Waals surface area contributed by atoms with Gasteiger partial charge < -0.3 is 10.1 Å². The maximum Gasteiger partial charge on any atom is 0.127 e. The molecule has 1 aliphatic heterocycles. The van der Waals surface area contributed by atoms with E-state index in [0.717, 1.165) is 18.9 Å². The van der Waals surface area contributed by atoms with Crippen LogP contribution in [-0.2, 0) is 6.42 Å². The van der Waals surface area contributed by atoms with Gasteiger partial charge in [0, 0.05) is 18.0 Å². The number of ether oxygens (including phenoxy) is 1. The van der Waals surface area contributed by atoms with Crippen molar-refractivity contribution in [1.82, 2.24) is 5.32 Å². The molecular formula is C16H23NO. The van der Waals surface area contributed by atoms with E-state index in [1.807, 2.05) is 0 Å². The lowest BCUT2D eigenvalue weighted by molar-refractivity contribution is 0.273. The molecule has 18 heavy (non-hydrogen) atoms. The highest BCUT2D eigenvalue weighted by Gasteiger charge is 2.28. The zero-order valence-corrected chi connectivity index (χ0v) is 11.2. The second-order valence-electron chi connectivity index (χ2n) is 5.60. The van der Waals surface area contributed by atoms with Crippen LogP contribution in [0.1, 0.15) is 49.3 Å². The number of hydrogen-bond donors (Lipinski definition) is 1. The molecule has 0 aromatic heterocycles. The van der Waals surface area contributed by atoms with E-state index in [1.54, 1.807) is 0 Å². The fourth-order valence-electron chi connectivity index (χ4n) is 3.60. The second kappa shape index (κ2) is 5.31. The lowest BCUT2D eigenvalue weighted by Crippen LogP contribution is -2.27. The minimum Gasteiger partial charge on any atom is -0.493 e. The summed E-state index contributed by atoms with van der Waals surface area (Å²) in [5, 5.41) is 3.54. The van der Waals surface area contributed by atoms with Crippen molar-refractivity contribution in [2.45, 2.75) is 44.6 Å². The molecule has 3 rings (SSSR count). The Bertz CT molecular complexity index is 410. The van der Waals surface area contributed by atoms with E-state index in [-0.39, 0.29) is 0 Å². The Morgan fingerprint density at radius 2 is 2.06 bits per heavy atom. The first-order chi connectivity index (χ1) is 8.90. The molecule has 1 aromatic carbocycles. The van der Waals surface area contributed by atoms with Gasteiger partial charge in [0.25, 0.3) is 0 Å². The molecule has 0 saturated heterocycles. The van der Waals surface area contributed by atoms with Gasteiger partial charge in [-0.15, -0.1) is 0 Å². The van der Waals surface area contributed by atoms with Crippen molar-refractivity contribution in [2.24, 2.45) is 5.92 Å². The Kier molecular flexibility index (Phi) is 3.55. The summed E-state index contributed by atoms with van der Waals surface area (Å²) in [4.78, 5) is 0. The van der Waals surface area contributed by atoms with Gasteiger partial charge in [-0.2, -0.15) is 0 Å². The van der Waals surface area contributed by atoms with Crippen LogP contribution in [0.4, 0.5) is 0 Å². The normalized spacial score (nSPS) is 21.4. The van der Waals surface area contributed by atoms with Crippen molar-refractivity contribution in [2.75, 3.05) is 13.7 Å². The molecule has 1 fully saturated rings. The SMILES string of the molecule is CNC(c1cccc2c1OCC2)C1CCCCC1. The van der Waals surface area contributed by atoms with Gasteiger partial charge in [-0.1, -0.05) is 37.5 Å². The summed E-state index contributed by atoms with van der Waals surface area (Å²) in [5.41, 5.74) is 2.78. The second-order valence-corrected chi connectivity index (χ2v) is 5.60. The molecule has 2 aliphatic rings. The van der Waals surface area contributed by atoms with Crippen LogP contribution in [0.25, 0.3) is 0 Å². The molecule has 1 aliphatic carbocycles. The fraction of sp³-hybridized carbons (Fsp3) is 0.625. The monoisotopic (exact) mass is 245 g/mol. The molecule has 1 atom stereocenters. The number of rotatable bonds is 3. The van der Waals surface area contributed by atoms with Gasteiger partial charge >= 0.3 is 0 Å². The van der Waals surface area contributed by atoms with E-state index in [2.05, 4.69) is 30.6 Å². The fourth-order valence-corrected chi connectivity index (χ4v) is 3.60. The lowest BCUT2D eigenvalue weighted by atomic mass is 9.80. The van der Waals surface area contributed by atoms with Crippen molar-refractivity contribution >= 4 is 0 Å². The highest BCUT2D eigenvalue weighted by atomic mass is 16.5. The molecule has 1 unspecified atom stereocenters. The summed E-state index contributed by atoms with van der Waals surface area (Å²) in [6.07, 6.45) is 7.97. The summed E-state index contributed by atoms with van der Waals surface area (Å²) in [7, 11) is 2.09. The van der Waals surface area contributed by atoms with Crippen molar-refractivity contribution in [3.8, 4) is 5.75 Å². The third-order valence-corrected chi connectivity index (χ3v) is 4.51. The standard InChI is InChI=1S/C16H23NO/c1-17-15(12-6-3-2-4-7-12)14-9-5-8-13-10-11-18-16(13)14/h5,8-9,12,15,17H,2-4,6-7,10-11H2,1H3. The zero-order chi connectivity index (χ0) is 12.4. The van der Waals surface area contributed by atoms with Gasteiger partial charge in [0.1, 0.15) is 5.75 Å². The molecule has 0 bridgehead atoms.